The van der Waals surface area contributed by atoms with Crippen LogP contribution in [0.4, 0.5) is 9.59 Å². The second kappa shape index (κ2) is 10.3. The van der Waals surface area contributed by atoms with Crippen molar-refractivity contribution in [2.24, 2.45) is 0 Å². The van der Waals surface area contributed by atoms with E-state index in [-0.39, 0.29) is 29.5 Å². The topological polar surface area (TPSA) is 147 Å². The largest absolute Gasteiger partial charge is 0.513 e. The second-order valence-electron chi connectivity index (χ2n) is 6.10. The van der Waals surface area contributed by atoms with E-state index < -0.39 is 30.0 Å². The lowest BCUT2D eigenvalue weighted by molar-refractivity contribution is -0.182. The Labute approximate surface area is 166 Å². The molecule has 1 rings (SSSR count). The number of carbonyl (C=O) groups is 4. The fraction of sp³-hybridized carbons (Fsp3) is 0.444. The number of rotatable bonds is 8. The minimum Gasteiger partial charge on any atom is -0.477 e. The van der Waals surface area contributed by atoms with E-state index in [1.165, 1.54) is 18.2 Å². The van der Waals surface area contributed by atoms with Crippen LogP contribution in [0.15, 0.2) is 18.2 Å². The zero-order valence-corrected chi connectivity index (χ0v) is 16.6. The van der Waals surface area contributed by atoms with E-state index >= 15 is 0 Å². The van der Waals surface area contributed by atoms with Crippen LogP contribution >= 0.6 is 0 Å². The number of esters is 1. The molecule has 0 unspecified atom stereocenters. The first-order valence-corrected chi connectivity index (χ1v) is 8.38. The van der Waals surface area contributed by atoms with Crippen molar-refractivity contribution in [3.05, 3.63) is 23.8 Å². The van der Waals surface area contributed by atoms with E-state index in [4.69, 9.17) is 14.2 Å². The van der Waals surface area contributed by atoms with Crippen molar-refractivity contribution in [1.29, 1.82) is 0 Å². The summed E-state index contributed by atoms with van der Waals surface area (Å²) in [6.07, 6.45) is -2.48. The molecule has 0 heterocycles. The van der Waals surface area contributed by atoms with Crippen molar-refractivity contribution in [2.45, 2.75) is 39.0 Å². The van der Waals surface area contributed by atoms with Crippen LogP contribution in [0.5, 0.6) is 11.5 Å². The molecule has 29 heavy (non-hydrogen) atoms. The highest BCUT2D eigenvalue weighted by Crippen LogP contribution is 2.31. The lowest BCUT2D eigenvalue weighted by atomic mass is 10.0. The third-order valence-electron chi connectivity index (χ3n) is 3.37. The maximum absolute atomic E-state index is 11.9. The molecule has 0 saturated carbocycles. The van der Waals surface area contributed by atoms with E-state index in [2.05, 4.69) is 14.8 Å². The summed E-state index contributed by atoms with van der Waals surface area (Å²) in [5, 5.41) is 12.4. The van der Waals surface area contributed by atoms with Gasteiger partial charge in [-0.2, -0.15) is 0 Å². The Morgan fingerprint density at radius 2 is 1.59 bits per heavy atom. The highest BCUT2D eigenvalue weighted by Gasteiger charge is 2.43. The number of carboxylic acid groups (broad SMARTS) is 1. The maximum atomic E-state index is 11.9. The number of hydrogen-bond acceptors (Lipinski definition) is 10. The third kappa shape index (κ3) is 6.96. The van der Waals surface area contributed by atoms with Crippen LogP contribution in [-0.2, 0) is 30.2 Å². The Balaban J connectivity index is 3.36. The fourth-order valence-corrected chi connectivity index (χ4v) is 2.39. The molecule has 0 aliphatic carbocycles. The molecule has 2 N–H and O–H groups in total. The number of carbonyl (C=O) groups excluding carboxylic acids is 3. The van der Waals surface area contributed by atoms with Crippen LogP contribution < -0.4 is 14.8 Å². The number of nitrogens with one attached hydrogen (secondary N) is 1. The van der Waals surface area contributed by atoms with Crippen molar-refractivity contribution < 1.29 is 48.0 Å². The van der Waals surface area contributed by atoms with Crippen LogP contribution in [0.25, 0.3) is 0 Å². The summed E-state index contributed by atoms with van der Waals surface area (Å²) < 4.78 is 23.7. The van der Waals surface area contributed by atoms with E-state index in [0.29, 0.717) is 0 Å². The quantitative estimate of drug-likeness (QED) is 0.278. The standard InChI is InChI=1S/C18H23NO10/c1-10(2)19-18(15(21)22,29-11(3)20)9-12-6-7-13(27-16(23)25-4)14(8-12)28-17(24)26-5/h6-8,10,19H,9H2,1-5H3,(H,21,22)/t18-/m0/s1. The van der Waals surface area contributed by atoms with Crippen molar-refractivity contribution in [1.82, 2.24) is 5.32 Å². The van der Waals surface area contributed by atoms with Crippen LogP contribution in [0.3, 0.4) is 0 Å². The first-order chi connectivity index (χ1) is 13.5. The molecule has 11 nitrogen and oxygen atoms in total. The zero-order valence-electron chi connectivity index (χ0n) is 16.6. The van der Waals surface area contributed by atoms with Crippen LogP contribution in [0, 0.1) is 0 Å². The van der Waals surface area contributed by atoms with Crippen molar-refractivity contribution >= 4 is 24.2 Å². The van der Waals surface area contributed by atoms with Crippen LogP contribution in [-0.4, -0.2) is 55.3 Å². The van der Waals surface area contributed by atoms with Gasteiger partial charge in [-0.05, 0) is 31.5 Å². The molecule has 1 atom stereocenters. The van der Waals surface area contributed by atoms with Gasteiger partial charge in [-0.15, -0.1) is 0 Å². The third-order valence-corrected chi connectivity index (χ3v) is 3.37. The predicted molar refractivity (Wildman–Crippen MR) is 96.6 cm³/mol. The number of methoxy groups -OCH3 is 2. The fourth-order valence-electron chi connectivity index (χ4n) is 2.39. The molecule has 11 heteroatoms. The van der Waals surface area contributed by atoms with Gasteiger partial charge < -0.3 is 28.8 Å². The Hall–Kier alpha value is -3.34. The van der Waals surface area contributed by atoms with Gasteiger partial charge in [-0.1, -0.05) is 6.07 Å². The molecule has 0 saturated heterocycles. The SMILES string of the molecule is COC(=O)Oc1ccc(C[C@](NC(C)C)(OC(C)=O)C(=O)O)cc1OC(=O)OC. The van der Waals surface area contributed by atoms with E-state index in [9.17, 15) is 24.3 Å². The van der Waals surface area contributed by atoms with Crippen molar-refractivity contribution in [3.63, 3.8) is 0 Å². The van der Waals surface area contributed by atoms with Gasteiger partial charge in [0.05, 0.1) is 14.2 Å². The van der Waals surface area contributed by atoms with Gasteiger partial charge in [0, 0.05) is 19.4 Å². The number of hydrogen-bond donors (Lipinski definition) is 2. The van der Waals surface area contributed by atoms with Gasteiger partial charge in [0.15, 0.2) is 11.5 Å². The Morgan fingerprint density at radius 1 is 1.03 bits per heavy atom. The van der Waals surface area contributed by atoms with Gasteiger partial charge >= 0.3 is 24.2 Å². The molecule has 1 aromatic carbocycles. The maximum Gasteiger partial charge on any atom is 0.513 e. The van der Waals surface area contributed by atoms with E-state index in [1.807, 2.05) is 0 Å². The van der Waals surface area contributed by atoms with E-state index in [1.54, 1.807) is 13.8 Å². The molecule has 160 valence electrons. The molecule has 0 aliphatic rings. The normalized spacial score (nSPS) is 12.5. The zero-order chi connectivity index (χ0) is 22.2. The summed E-state index contributed by atoms with van der Waals surface area (Å²) in [5.41, 5.74) is -1.79. The smallest absolute Gasteiger partial charge is 0.477 e. The minimum atomic E-state index is -2.08. The van der Waals surface area contributed by atoms with Crippen molar-refractivity contribution in [3.8, 4) is 11.5 Å². The molecule has 0 aliphatic heterocycles. The predicted octanol–water partition coefficient (Wildman–Crippen LogP) is 1.86. The molecule has 0 amide bonds. The van der Waals surface area contributed by atoms with Crippen LogP contribution in [0.2, 0.25) is 0 Å². The Kier molecular flexibility index (Phi) is 8.39. The van der Waals surface area contributed by atoms with Gasteiger partial charge in [0.2, 0.25) is 0 Å². The second-order valence-corrected chi connectivity index (χ2v) is 6.10. The summed E-state index contributed by atoms with van der Waals surface area (Å²) in [6.45, 7) is 4.44. The molecule has 1 aromatic rings. The van der Waals surface area contributed by atoms with Gasteiger partial charge in [-0.3, -0.25) is 10.1 Å². The number of benzene rings is 1. The lowest BCUT2D eigenvalue weighted by Crippen LogP contribution is -2.59. The minimum absolute atomic E-state index is 0.170. The van der Waals surface area contributed by atoms with Crippen LogP contribution in [0.1, 0.15) is 26.3 Å². The molecular formula is C18H23NO10. The van der Waals surface area contributed by atoms with E-state index in [0.717, 1.165) is 21.1 Å². The highest BCUT2D eigenvalue weighted by atomic mass is 16.7. The average molecular weight is 413 g/mol. The summed E-state index contributed by atoms with van der Waals surface area (Å²) in [5.74, 6) is -2.63. The first kappa shape index (κ1) is 23.7. The summed E-state index contributed by atoms with van der Waals surface area (Å²) >= 11 is 0. The average Bonchev–Trinajstić information content (AvgIpc) is 2.62. The first-order valence-electron chi connectivity index (χ1n) is 8.38. The summed E-state index contributed by atoms with van der Waals surface area (Å²) in [6, 6.07) is 3.57. The van der Waals surface area contributed by atoms with Gasteiger partial charge in [0.25, 0.3) is 5.72 Å². The number of ether oxygens (including phenoxy) is 5. The monoisotopic (exact) mass is 413 g/mol. The lowest BCUT2D eigenvalue weighted by Gasteiger charge is -2.32. The Morgan fingerprint density at radius 3 is 2.03 bits per heavy atom. The molecule has 0 spiro atoms. The molecule has 0 bridgehead atoms. The highest BCUT2D eigenvalue weighted by molar-refractivity contribution is 5.81. The van der Waals surface area contributed by atoms with Crippen molar-refractivity contribution in [2.75, 3.05) is 14.2 Å². The molecule has 0 fully saturated rings. The van der Waals surface area contributed by atoms with Gasteiger partial charge in [0.1, 0.15) is 0 Å². The Bertz CT molecular complexity index is 776. The summed E-state index contributed by atoms with van der Waals surface area (Å²) in [7, 11) is 2.17. The van der Waals surface area contributed by atoms with Gasteiger partial charge in [-0.25, -0.2) is 14.4 Å². The molecule has 0 radical (unpaired) electrons. The number of carboxylic acids is 1. The number of aliphatic carboxylic acids is 1. The summed E-state index contributed by atoms with van der Waals surface area (Å²) in [4.78, 5) is 46.3. The molecule has 0 aromatic heterocycles. The molecular weight excluding hydrogens is 390 g/mol.